The van der Waals surface area contributed by atoms with Gasteiger partial charge in [0.15, 0.2) is 0 Å². The topological polar surface area (TPSA) is 49.3 Å². The molecule has 2 rings (SSSR count). The Kier molecular flexibility index (Phi) is 4.53. The van der Waals surface area contributed by atoms with Gasteiger partial charge >= 0.3 is 0 Å². The standard InChI is InChI=1S/C12H21NO2S/c14-10-5-3-4-9(10)8-13-12(15)11-6-1-2-7-16-11/h9-11,14H,1-8H2,(H,13,15). The Balaban J connectivity index is 1.70. The van der Waals surface area contributed by atoms with Gasteiger partial charge in [-0.1, -0.05) is 12.8 Å². The van der Waals surface area contributed by atoms with E-state index in [9.17, 15) is 9.90 Å². The molecule has 1 saturated carbocycles. The fourth-order valence-corrected chi connectivity index (χ4v) is 3.77. The lowest BCUT2D eigenvalue weighted by molar-refractivity contribution is -0.121. The van der Waals surface area contributed by atoms with Gasteiger partial charge in [-0.2, -0.15) is 0 Å². The number of rotatable bonds is 3. The summed E-state index contributed by atoms with van der Waals surface area (Å²) < 4.78 is 0. The summed E-state index contributed by atoms with van der Waals surface area (Å²) in [6.07, 6.45) is 6.30. The molecule has 1 amide bonds. The van der Waals surface area contributed by atoms with Crippen molar-refractivity contribution in [3.63, 3.8) is 0 Å². The molecule has 0 bridgehead atoms. The Hall–Kier alpha value is -0.220. The highest BCUT2D eigenvalue weighted by molar-refractivity contribution is 8.00. The van der Waals surface area contributed by atoms with E-state index in [-0.39, 0.29) is 23.2 Å². The maximum Gasteiger partial charge on any atom is 0.233 e. The predicted octanol–water partition coefficient (Wildman–Crippen LogP) is 1.55. The van der Waals surface area contributed by atoms with Gasteiger partial charge in [0.25, 0.3) is 0 Å². The minimum absolute atomic E-state index is 0.160. The van der Waals surface area contributed by atoms with Gasteiger partial charge in [0.2, 0.25) is 5.91 Å². The third-order valence-corrected chi connectivity index (χ3v) is 5.01. The van der Waals surface area contributed by atoms with Crippen LogP contribution in [-0.4, -0.2) is 34.7 Å². The van der Waals surface area contributed by atoms with Gasteiger partial charge in [-0.3, -0.25) is 4.79 Å². The zero-order valence-corrected chi connectivity index (χ0v) is 10.5. The third-order valence-electron chi connectivity index (χ3n) is 3.63. The quantitative estimate of drug-likeness (QED) is 0.790. The molecule has 0 aromatic carbocycles. The first kappa shape index (κ1) is 12.2. The van der Waals surface area contributed by atoms with Gasteiger partial charge in [0, 0.05) is 12.5 Å². The van der Waals surface area contributed by atoms with Crippen LogP contribution >= 0.6 is 11.8 Å². The number of hydrogen-bond donors (Lipinski definition) is 2. The summed E-state index contributed by atoms with van der Waals surface area (Å²) in [5, 5.41) is 12.8. The van der Waals surface area contributed by atoms with E-state index in [1.54, 1.807) is 11.8 Å². The molecule has 2 aliphatic rings. The van der Waals surface area contributed by atoms with Crippen LogP contribution in [-0.2, 0) is 4.79 Å². The lowest BCUT2D eigenvalue weighted by atomic mass is 10.1. The van der Waals surface area contributed by atoms with Crippen molar-refractivity contribution in [2.75, 3.05) is 12.3 Å². The largest absolute Gasteiger partial charge is 0.393 e. The van der Waals surface area contributed by atoms with E-state index < -0.39 is 0 Å². The van der Waals surface area contributed by atoms with Crippen LogP contribution in [0.2, 0.25) is 0 Å². The number of nitrogens with one attached hydrogen (secondary N) is 1. The van der Waals surface area contributed by atoms with E-state index in [4.69, 9.17) is 0 Å². The van der Waals surface area contributed by atoms with E-state index in [1.807, 2.05) is 0 Å². The first-order chi connectivity index (χ1) is 7.77. The smallest absolute Gasteiger partial charge is 0.233 e. The number of amides is 1. The fourth-order valence-electron chi connectivity index (χ4n) is 2.55. The van der Waals surface area contributed by atoms with Crippen LogP contribution in [0.3, 0.4) is 0 Å². The molecule has 1 saturated heterocycles. The van der Waals surface area contributed by atoms with E-state index in [1.165, 1.54) is 12.8 Å². The fraction of sp³-hybridized carbons (Fsp3) is 0.917. The zero-order chi connectivity index (χ0) is 11.4. The normalized spacial score (nSPS) is 34.9. The second-order valence-corrected chi connectivity index (χ2v) is 6.17. The van der Waals surface area contributed by atoms with Gasteiger partial charge in [0.1, 0.15) is 0 Å². The molecule has 1 heterocycles. The molecule has 2 fully saturated rings. The highest BCUT2D eigenvalue weighted by Gasteiger charge is 2.27. The average molecular weight is 243 g/mol. The number of carbonyl (C=O) groups excluding carboxylic acids is 1. The van der Waals surface area contributed by atoms with Crippen LogP contribution < -0.4 is 5.32 Å². The van der Waals surface area contributed by atoms with E-state index in [2.05, 4.69) is 5.32 Å². The molecule has 1 aliphatic carbocycles. The van der Waals surface area contributed by atoms with Crippen molar-refractivity contribution in [2.24, 2.45) is 5.92 Å². The average Bonchev–Trinajstić information content (AvgIpc) is 2.73. The second-order valence-electron chi connectivity index (χ2n) is 4.86. The van der Waals surface area contributed by atoms with E-state index >= 15 is 0 Å². The van der Waals surface area contributed by atoms with Gasteiger partial charge < -0.3 is 10.4 Å². The molecule has 2 N–H and O–H groups in total. The zero-order valence-electron chi connectivity index (χ0n) is 9.65. The highest BCUT2D eigenvalue weighted by atomic mass is 32.2. The van der Waals surface area contributed by atoms with Crippen LogP contribution in [0.4, 0.5) is 0 Å². The van der Waals surface area contributed by atoms with Gasteiger partial charge in [-0.05, 0) is 31.4 Å². The maximum absolute atomic E-state index is 11.8. The van der Waals surface area contributed by atoms with Crippen molar-refractivity contribution in [3.05, 3.63) is 0 Å². The molecule has 16 heavy (non-hydrogen) atoms. The molecule has 4 heteroatoms. The van der Waals surface area contributed by atoms with Gasteiger partial charge in [0.05, 0.1) is 11.4 Å². The predicted molar refractivity (Wildman–Crippen MR) is 66.5 cm³/mol. The summed E-state index contributed by atoms with van der Waals surface area (Å²) in [5.74, 6) is 1.59. The minimum atomic E-state index is -0.195. The summed E-state index contributed by atoms with van der Waals surface area (Å²) in [6.45, 7) is 0.664. The maximum atomic E-state index is 11.8. The minimum Gasteiger partial charge on any atom is -0.393 e. The van der Waals surface area contributed by atoms with Crippen molar-refractivity contribution in [2.45, 2.75) is 49.9 Å². The van der Waals surface area contributed by atoms with Crippen molar-refractivity contribution < 1.29 is 9.90 Å². The summed E-state index contributed by atoms with van der Waals surface area (Å²) in [5.41, 5.74) is 0. The van der Waals surface area contributed by atoms with Crippen molar-refractivity contribution in [3.8, 4) is 0 Å². The highest BCUT2D eigenvalue weighted by Crippen LogP contribution is 2.27. The van der Waals surface area contributed by atoms with Crippen LogP contribution in [0.1, 0.15) is 38.5 Å². The van der Waals surface area contributed by atoms with Crippen molar-refractivity contribution in [1.29, 1.82) is 0 Å². The molecule has 0 spiro atoms. The monoisotopic (exact) mass is 243 g/mol. The van der Waals surface area contributed by atoms with Crippen LogP contribution in [0, 0.1) is 5.92 Å². The Morgan fingerprint density at radius 2 is 2.12 bits per heavy atom. The molecule has 0 aromatic heterocycles. The SMILES string of the molecule is O=C(NCC1CCCC1O)C1CCCCS1. The number of carbonyl (C=O) groups is 1. The first-order valence-corrected chi connectivity index (χ1v) is 7.39. The Bertz CT molecular complexity index is 241. The molecule has 0 radical (unpaired) electrons. The van der Waals surface area contributed by atoms with E-state index in [0.29, 0.717) is 6.54 Å². The number of hydrogen-bond acceptors (Lipinski definition) is 3. The summed E-state index contributed by atoms with van der Waals surface area (Å²) in [6, 6.07) is 0. The molecule has 3 atom stereocenters. The summed E-state index contributed by atoms with van der Waals surface area (Å²) in [4.78, 5) is 11.8. The molecular formula is C12H21NO2S. The lowest BCUT2D eigenvalue weighted by Crippen LogP contribution is -2.38. The molecule has 3 unspecified atom stereocenters. The van der Waals surface area contributed by atoms with Gasteiger partial charge in [-0.25, -0.2) is 0 Å². The van der Waals surface area contributed by atoms with Crippen molar-refractivity contribution in [1.82, 2.24) is 5.32 Å². The lowest BCUT2D eigenvalue weighted by Gasteiger charge is -2.22. The number of aliphatic hydroxyl groups is 1. The third kappa shape index (κ3) is 3.14. The molecule has 0 aromatic rings. The Labute approximate surface area is 101 Å². The van der Waals surface area contributed by atoms with Crippen LogP contribution in [0.15, 0.2) is 0 Å². The molecular weight excluding hydrogens is 222 g/mol. The first-order valence-electron chi connectivity index (χ1n) is 6.35. The molecule has 1 aliphatic heterocycles. The van der Waals surface area contributed by atoms with Crippen LogP contribution in [0.25, 0.3) is 0 Å². The summed E-state index contributed by atoms with van der Waals surface area (Å²) >= 11 is 1.78. The van der Waals surface area contributed by atoms with Crippen LogP contribution in [0.5, 0.6) is 0 Å². The van der Waals surface area contributed by atoms with Crippen molar-refractivity contribution >= 4 is 17.7 Å². The van der Waals surface area contributed by atoms with Gasteiger partial charge in [-0.15, -0.1) is 11.8 Å². The molecule has 92 valence electrons. The summed E-state index contributed by atoms with van der Waals surface area (Å²) in [7, 11) is 0. The number of thioether (sulfide) groups is 1. The number of aliphatic hydroxyl groups excluding tert-OH is 1. The molecule has 3 nitrogen and oxygen atoms in total. The Morgan fingerprint density at radius 1 is 1.25 bits per heavy atom. The second kappa shape index (κ2) is 5.92. The Morgan fingerprint density at radius 3 is 2.75 bits per heavy atom. The van der Waals surface area contributed by atoms with E-state index in [0.717, 1.165) is 31.4 Å².